The molecule has 1 saturated carbocycles. The second kappa shape index (κ2) is 8.98. The van der Waals surface area contributed by atoms with Crippen LogP contribution in [0.4, 0.5) is 4.39 Å². The zero-order valence-corrected chi connectivity index (χ0v) is 19.2. The molecule has 0 bridgehead atoms. The number of rotatable bonds is 4. The summed E-state index contributed by atoms with van der Waals surface area (Å²) in [6.45, 7) is 1.97. The van der Waals surface area contributed by atoms with Crippen LogP contribution in [0.25, 0.3) is 0 Å². The first-order valence-corrected chi connectivity index (χ1v) is 9.82. The first-order chi connectivity index (χ1) is 13.0. The maximum absolute atomic E-state index is 14.1. The van der Waals surface area contributed by atoms with Gasteiger partial charge in [0.2, 0.25) is 0 Å². The highest BCUT2D eigenvalue weighted by atomic mass is 127. The normalized spacial score (nSPS) is 24.2. The Kier molecular flexibility index (Phi) is 6.85. The molecule has 2 fully saturated rings. The van der Waals surface area contributed by atoms with Gasteiger partial charge in [-0.05, 0) is 42.9 Å². The van der Waals surface area contributed by atoms with Crippen LogP contribution >= 0.6 is 35.6 Å². The number of nitrogens with zero attached hydrogens (tertiary/aromatic N) is 4. The number of aliphatic imine (C=N–C) groups is 1. The highest BCUT2D eigenvalue weighted by Crippen LogP contribution is 2.45. The van der Waals surface area contributed by atoms with Crippen LogP contribution in [0.1, 0.15) is 29.9 Å². The number of hydrogen-bond donors (Lipinski definition) is 1. The van der Waals surface area contributed by atoms with Crippen molar-refractivity contribution in [2.45, 2.75) is 31.2 Å². The van der Waals surface area contributed by atoms with Crippen LogP contribution in [0.2, 0.25) is 5.02 Å². The van der Waals surface area contributed by atoms with Gasteiger partial charge in [-0.2, -0.15) is 5.10 Å². The molecule has 8 heteroatoms. The van der Waals surface area contributed by atoms with E-state index in [1.54, 1.807) is 12.1 Å². The lowest BCUT2D eigenvalue weighted by molar-refractivity contribution is 0.458. The molecule has 1 N–H and O–H groups in total. The van der Waals surface area contributed by atoms with Gasteiger partial charge in [0, 0.05) is 55.9 Å². The van der Waals surface area contributed by atoms with E-state index in [1.807, 2.05) is 25.0 Å². The van der Waals surface area contributed by atoms with E-state index in [0.29, 0.717) is 16.5 Å². The number of guanidine groups is 1. The van der Waals surface area contributed by atoms with Gasteiger partial charge >= 0.3 is 0 Å². The van der Waals surface area contributed by atoms with Crippen molar-refractivity contribution in [1.82, 2.24) is 20.0 Å². The lowest BCUT2D eigenvalue weighted by atomic mass is 10.0. The number of hydrogen-bond acceptors (Lipinski definition) is 2. The number of benzene rings is 1. The highest BCUT2D eigenvalue weighted by Gasteiger charge is 2.42. The van der Waals surface area contributed by atoms with Crippen molar-refractivity contribution in [3.63, 3.8) is 0 Å². The molecular weight excluding hydrogens is 492 g/mol. The summed E-state index contributed by atoms with van der Waals surface area (Å²) in [7, 11) is 3.76. The third kappa shape index (κ3) is 4.62. The Bertz CT molecular complexity index is 835. The Morgan fingerprint density at radius 3 is 2.93 bits per heavy atom. The van der Waals surface area contributed by atoms with Crippen molar-refractivity contribution in [2.75, 3.05) is 20.1 Å². The second-order valence-corrected chi connectivity index (χ2v) is 8.01. The van der Waals surface area contributed by atoms with Crippen molar-refractivity contribution >= 4 is 41.5 Å². The Morgan fingerprint density at radius 1 is 1.43 bits per heavy atom. The molecule has 4 rings (SSSR count). The van der Waals surface area contributed by atoms with Crippen LogP contribution < -0.4 is 5.32 Å². The topological polar surface area (TPSA) is 45.5 Å². The summed E-state index contributed by atoms with van der Waals surface area (Å²) in [4.78, 5) is 6.76. The van der Waals surface area contributed by atoms with E-state index >= 15 is 0 Å². The average Bonchev–Trinajstić information content (AvgIpc) is 3.01. The molecular formula is C20H26ClFIN5. The molecule has 1 aromatic carbocycles. The van der Waals surface area contributed by atoms with Crippen molar-refractivity contribution in [2.24, 2.45) is 18.0 Å². The first kappa shape index (κ1) is 21.4. The molecule has 0 spiro atoms. The maximum atomic E-state index is 14.1. The standard InChI is InChI=1S/C20H25ClFN5.HI/c1-23-20(25-18-9-15(18)19-16(21)4-3-5-17(19)22)27-7-6-13(12-27)8-14-10-24-26(2)11-14;/h3-5,10-11,13,15,18H,6-9,12H2,1-2H3,(H,23,25);1H. The summed E-state index contributed by atoms with van der Waals surface area (Å²) in [5, 5.41) is 8.27. The van der Waals surface area contributed by atoms with Gasteiger partial charge in [-0.15, -0.1) is 24.0 Å². The number of halogens is 3. The third-order valence-corrected chi connectivity index (χ3v) is 5.88. The van der Waals surface area contributed by atoms with E-state index in [-0.39, 0.29) is 41.8 Å². The summed E-state index contributed by atoms with van der Waals surface area (Å²) in [6.07, 6.45) is 7.10. The Balaban J connectivity index is 0.00000225. The molecule has 0 radical (unpaired) electrons. The van der Waals surface area contributed by atoms with Crippen molar-refractivity contribution in [1.29, 1.82) is 0 Å². The number of nitrogens with one attached hydrogen (secondary N) is 1. The van der Waals surface area contributed by atoms with E-state index < -0.39 is 0 Å². The average molecular weight is 518 g/mol. The molecule has 1 aliphatic carbocycles. The molecule has 0 amide bonds. The molecule has 152 valence electrons. The van der Waals surface area contributed by atoms with Gasteiger partial charge in [-0.3, -0.25) is 9.67 Å². The quantitative estimate of drug-likeness (QED) is 0.381. The van der Waals surface area contributed by atoms with Crippen molar-refractivity contribution < 1.29 is 4.39 Å². The van der Waals surface area contributed by atoms with Crippen LogP contribution in [-0.4, -0.2) is 46.8 Å². The number of aromatic nitrogens is 2. The Labute approximate surface area is 187 Å². The number of likely N-dealkylation sites (tertiary alicyclic amines) is 1. The number of aryl methyl sites for hydroxylation is 1. The molecule has 3 atom stereocenters. The van der Waals surface area contributed by atoms with Crippen LogP contribution in [0.15, 0.2) is 35.6 Å². The van der Waals surface area contributed by atoms with Crippen LogP contribution in [-0.2, 0) is 13.5 Å². The molecule has 2 heterocycles. The monoisotopic (exact) mass is 517 g/mol. The molecule has 5 nitrogen and oxygen atoms in total. The second-order valence-electron chi connectivity index (χ2n) is 7.60. The lowest BCUT2D eigenvalue weighted by Gasteiger charge is -2.22. The van der Waals surface area contributed by atoms with E-state index in [2.05, 4.69) is 26.5 Å². The van der Waals surface area contributed by atoms with E-state index in [0.717, 1.165) is 38.3 Å². The van der Waals surface area contributed by atoms with Gasteiger partial charge in [0.05, 0.1) is 6.20 Å². The molecule has 1 aromatic heterocycles. The fourth-order valence-electron chi connectivity index (χ4n) is 4.10. The fraction of sp³-hybridized carbons (Fsp3) is 0.500. The minimum atomic E-state index is -0.218. The molecule has 3 unspecified atom stereocenters. The minimum Gasteiger partial charge on any atom is -0.353 e. The van der Waals surface area contributed by atoms with E-state index in [1.165, 1.54) is 11.6 Å². The zero-order chi connectivity index (χ0) is 19.0. The largest absolute Gasteiger partial charge is 0.353 e. The molecule has 2 aromatic rings. The van der Waals surface area contributed by atoms with Crippen LogP contribution in [0, 0.1) is 11.7 Å². The summed E-state index contributed by atoms with van der Waals surface area (Å²) < 4.78 is 16.0. The molecule has 1 aliphatic heterocycles. The van der Waals surface area contributed by atoms with E-state index in [9.17, 15) is 4.39 Å². The van der Waals surface area contributed by atoms with Crippen molar-refractivity contribution in [3.8, 4) is 0 Å². The van der Waals surface area contributed by atoms with E-state index in [4.69, 9.17) is 11.6 Å². The Morgan fingerprint density at radius 2 is 2.25 bits per heavy atom. The molecule has 2 aliphatic rings. The van der Waals surface area contributed by atoms with Gasteiger partial charge in [-0.25, -0.2) is 4.39 Å². The predicted molar refractivity (Wildman–Crippen MR) is 121 cm³/mol. The summed E-state index contributed by atoms with van der Waals surface area (Å²) >= 11 is 6.21. The van der Waals surface area contributed by atoms with Gasteiger partial charge in [0.1, 0.15) is 5.82 Å². The fourth-order valence-corrected chi connectivity index (χ4v) is 4.41. The first-order valence-electron chi connectivity index (χ1n) is 9.45. The van der Waals surface area contributed by atoms with Crippen LogP contribution in [0.3, 0.4) is 0 Å². The maximum Gasteiger partial charge on any atom is 0.193 e. The molecule has 1 saturated heterocycles. The molecule has 28 heavy (non-hydrogen) atoms. The van der Waals surface area contributed by atoms with Crippen LogP contribution in [0.5, 0.6) is 0 Å². The summed E-state index contributed by atoms with van der Waals surface area (Å²) in [5.74, 6) is 1.40. The van der Waals surface area contributed by atoms with Crippen molar-refractivity contribution in [3.05, 3.63) is 52.6 Å². The van der Waals surface area contributed by atoms with Gasteiger partial charge < -0.3 is 10.2 Å². The summed E-state index contributed by atoms with van der Waals surface area (Å²) in [5.41, 5.74) is 1.91. The van der Waals surface area contributed by atoms with Gasteiger partial charge in [0.25, 0.3) is 0 Å². The van der Waals surface area contributed by atoms with Gasteiger partial charge in [0.15, 0.2) is 5.96 Å². The highest BCUT2D eigenvalue weighted by molar-refractivity contribution is 14.0. The minimum absolute atomic E-state index is 0. The smallest absolute Gasteiger partial charge is 0.193 e. The summed E-state index contributed by atoms with van der Waals surface area (Å²) in [6, 6.07) is 5.08. The lowest BCUT2D eigenvalue weighted by Crippen LogP contribution is -2.41. The Hall–Kier alpha value is -1.35. The van der Waals surface area contributed by atoms with Gasteiger partial charge in [-0.1, -0.05) is 17.7 Å². The zero-order valence-electron chi connectivity index (χ0n) is 16.1. The predicted octanol–water partition coefficient (Wildman–Crippen LogP) is 3.83. The SMILES string of the molecule is CN=C(NC1CC1c1c(F)cccc1Cl)N1CCC(Cc2cnn(C)c2)C1.I. The third-order valence-electron chi connectivity index (χ3n) is 5.56.